The predicted octanol–water partition coefficient (Wildman–Crippen LogP) is 2.01. The van der Waals surface area contributed by atoms with E-state index in [0.29, 0.717) is 6.04 Å². The Hall–Kier alpha value is -0.380. The van der Waals surface area contributed by atoms with Gasteiger partial charge in [0.2, 0.25) is 0 Å². The maximum Gasteiger partial charge on any atom is 0.0386 e. The Labute approximate surface area is 89.7 Å². The number of hydrogen-bond acceptors (Lipinski definition) is 3. The quantitative estimate of drug-likeness (QED) is 0.794. The summed E-state index contributed by atoms with van der Waals surface area (Å²) in [6, 6.07) is 4.83. The van der Waals surface area contributed by atoms with E-state index in [9.17, 15) is 0 Å². The smallest absolute Gasteiger partial charge is 0.0386 e. The van der Waals surface area contributed by atoms with Gasteiger partial charge in [-0.3, -0.25) is 0 Å². The second-order valence-electron chi connectivity index (χ2n) is 4.00. The van der Waals surface area contributed by atoms with E-state index in [1.54, 1.807) is 0 Å². The van der Waals surface area contributed by atoms with E-state index in [2.05, 4.69) is 35.1 Å². The van der Waals surface area contributed by atoms with Crippen molar-refractivity contribution >= 4 is 11.3 Å². The summed E-state index contributed by atoms with van der Waals surface area (Å²) in [5.74, 6) is 0.831. The number of nitrogens with one attached hydrogen (secondary N) is 2. The summed E-state index contributed by atoms with van der Waals surface area (Å²) in [5, 5.41) is 9.13. The van der Waals surface area contributed by atoms with Gasteiger partial charge >= 0.3 is 0 Å². The van der Waals surface area contributed by atoms with Crippen LogP contribution in [-0.4, -0.2) is 19.6 Å². The van der Waals surface area contributed by atoms with E-state index in [0.717, 1.165) is 12.5 Å². The highest BCUT2D eigenvalue weighted by Gasteiger charge is 2.15. The van der Waals surface area contributed by atoms with Crippen LogP contribution in [0.3, 0.4) is 0 Å². The first-order valence-corrected chi connectivity index (χ1v) is 6.21. The Morgan fingerprint density at radius 2 is 2.64 bits per heavy atom. The van der Waals surface area contributed by atoms with E-state index in [1.807, 2.05) is 11.3 Å². The molecule has 0 spiro atoms. The van der Waals surface area contributed by atoms with Crippen molar-refractivity contribution in [3.05, 3.63) is 22.4 Å². The Bertz CT molecular complexity index is 252. The van der Waals surface area contributed by atoms with Crippen LogP contribution in [0.15, 0.2) is 17.5 Å². The molecule has 2 nitrogen and oxygen atoms in total. The monoisotopic (exact) mass is 210 g/mol. The zero-order valence-corrected chi connectivity index (χ0v) is 9.44. The first-order chi connectivity index (χ1) is 6.86. The molecule has 1 aromatic heterocycles. The highest BCUT2D eigenvalue weighted by Crippen LogP contribution is 2.18. The summed E-state index contributed by atoms with van der Waals surface area (Å²) in [6.07, 6.45) is 1.32. The standard InChI is InChI=1S/C11H18N2S/c1-9(11-3-2-6-14-11)13-8-10-4-5-12-7-10/h2-3,6,9-10,12-13H,4-5,7-8H2,1H3/t9-,10+/m1/s1. The van der Waals surface area contributed by atoms with Crippen molar-refractivity contribution in [3.8, 4) is 0 Å². The maximum absolute atomic E-state index is 3.60. The fourth-order valence-corrected chi connectivity index (χ4v) is 2.63. The second kappa shape index (κ2) is 4.91. The van der Waals surface area contributed by atoms with Crippen LogP contribution in [0.1, 0.15) is 24.3 Å². The Morgan fingerprint density at radius 3 is 3.29 bits per heavy atom. The lowest BCUT2D eigenvalue weighted by Crippen LogP contribution is -2.26. The van der Waals surface area contributed by atoms with Gasteiger partial charge in [-0.2, -0.15) is 0 Å². The third-order valence-corrected chi connectivity index (χ3v) is 3.90. The maximum atomic E-state index is 3.60. The lowest BCUT2D eigenvalue weighted by molar-refractivity contribution is 0.473. The van der Waals surface area contributed by atoms with Crippen LogP contribution in [0, 0.1) is 5.92 Å². The van der Waals surface area contributed by atoms with Crippen molar-refractivity contribution in [1.29, 1.82) is 0 Å². The summed E-state index contributed by atoms with van der Waals surface area (Å²) in [7, 11) is 0. The van der Waals surface area contributed by atoms with Crippen LogP contribution in [0.5, 0.6) is 0 Å². The highest BCUT2D eigenvalue weighted by atomic mass is 32.1. The minimum absolute atomic E-state index is 0.510. The minimum Gasteiger partial charge on any atom is -0.316 e. The van der Waals surface area contributed by atoms with Crippen LogP contribution >= 0.6 is 11.3 Å². The molecule has 0 aliphatic carbocycles. The van der Waals surface area contributed by atoms with Crippen molar-refractivity contribution in [3.63, 3.8) is 0 Å². The molecule has 2 N–H and O–H groups in total. The molecular formula is C11H18N2S. The number of hydrogen-bond donors (Lipinski definition) is 2. The first kappa shape index (κ1) is 10.1. The topological polar surface area (TPSA) is 24.1 Å². The molecule has 0 unspecified atom stereocenters. The molecule has 0 amide bonds. The van der Waals surface area contributed by atoms with E-state index >= 15 is 0 Å². The largest absolute Gasteiger partial charge is 0.316 e. The van der Waals surface area contributed by atoms with Crippen LogP contribution in [0.2, 0.25) is 0 Å². The summed E-state index contributed by atoms with van der Waals surface area (Å²) in [4.78, 5) is 1.44. The van der Waals surface area contributed by atoms with E-state index in [1.165, 1.54) is 24.4 Å². The van der Waals surface area contributed by atoms with Crippen LogP contribution in [-0.2, 0) is 0 Å². The third kappa shape index (κ3) is 2.56. The second-order valence-corrected chi connectivity index (χ2v) is 4.98. The average molecular weight is 210 g/mol. The molecular weight excluding hydrogens is 192 g/mol. The summed E-state index contributed by atoms with van der Waals surface area (Å²) >= 11 is 1.84. The van der Waals surface area contributed by atoms with Crippen LogP contribution in [0.25, 0.3) is 0 Å². The van der Waals surface area contributed by atoms with Crippen molar-refractivity contribution in [2.75, 3.05) is 19.6 Å². The van der Waals surface area contributed by atoms with E-state index in [4.69, 9.17) is 0 Å². The zero-order valence-electron chi connectivity index (χ0n) is 8.62. The lowest BCUT2D eigenvalue weighted by atomic mass is 10.1. The Morgan fingerprint density at radius 1 is 1.71 bits per heavy atom. The molecule has 2 atom stereocenters. The zero-order chi connectivity index (χ0) is 9.80. The van der Waals surface area contributed by atoms with Crippen LogP contribution in [0.4, 0.5) is 0 Å². The van der Waals surface area contributed by atoms with Crippen LogP contribution < -0.4 is 10.6 Å². The molecule has 3 heteroatoms. The molecule has 1 aliphatic rings. The first-order valence-electron chi connectivity index (χ1n) is 5.34. The van der Waals surface area contributed by atoms with Crippen molar-refractivity contribution in [1.82, 2.24) is 10.6 Å². The van der Waals surface area contributed by atoms with Gasteiger partial charge in [0.05, 0.1) is 0 Å². The molecule has 0 radical (unpaired) electrons. The van der Waals surface area contributed by atoms with Gasteiger partial charge in [-0.05, 0) is 50.3 Å². The Balaban J connectivity index is 1.74. The SMILES string of the molecule is C[C@@H](NC[C@H]1CCNC1)c1cccs1. The molecule has 1 aromatic rings. The van der Waals surface area contributed by atoms with Gasteiger partial charge in [0.1, 0.15) is 0 Å². The highest BCUT2D eigenvalue weighted by molar-refractivity contribution is 7.10. The molecule has 1 fully saturated rings. The summed E-state index contributed by atoms with van der Waals surface area (Å²) in [6.45, 7) is 5.77. The summed E-state index contributed by atoms with van der Waals surface area (Å²) in [5.41, 5.74) is 0. The van der Waals surface area contributed by atoms with Gasteiger partial charge in [-0.15, -0.1) is 11.3 Å². The van der Waals surface area contributed by atoms with Crippen molar-refractivity contribution in [2.24, 2.45) is 5.92 Å². The number of rotatable bonds is 4. The van der Waals surface area contributed by atoms with Gasteiger partial charge < -0.3 is 10.6 Å². The molecule has 0 saturated carbocycles. The van der Waals surface area contributed by atoms with Gasteiger partial charge in [0, 0.05) is 10.9 Å². The van der Waals surface area contributed by atoms with Crippen molar-refractivity contribution < 1.29 is 0 Å². The minimum atomic E-state index is 0.510. The molecule has 2 rings (SSSR count). The third-order valence-electron chi connectivity index (χ3n) is 2.85. The van der Waals surface area contributed by atoms with E-state index in [-0.39, 0.29) is 0 Å². The molecule has 0 aromatic carbocycles. The number of thiophene rings is 1. The fourth-order valence-electron chi connectivity index (χ4n) is 1.87. The molecule has 78 valence electrons. The van der Waals surface area contributed by atoms with Gasteiger partial charge in [-0.25, -0.2) is 0 Å². The average Bonchev–Trinajstić information content (AvgIpc) is 2.87. The predicted molar refractivity (Wildman–Crippen MR) is 61.7 cm³/mol. The van der Waals surface area contributed by atoms with E-state index < -0.39 is 0 Å². The molecule has 1 saturated heterocycles. The molecule has 14 heavy (non-hydrogen) atoms. The Kier molecular flexibility index (Phi) is 3.56. The lowest BCUT2D eigenvalue weighted by Gasteiger charge is -2.15. The van der Waals surface area contributed by atoms with Gasteiger partial charge in [-0.1, -0.05) is 6.07 Å². The van der Waals surface area contributed by atoms with Gasteiger partial charge in [0.15, 0.2) is 0 Å². The summed E-state index contributed by atoms with van der Waals surface area (Å²) < 4.78 is 0. The molecule has 1 aliphatic heterocycles. The molecule has 0 bridgehead atoms. The molecule has 2 heterocycles. The normalized spacial score (nSPS) is 23.9. The van der Waals surface area contributed by atoms with Crippen molar-refractivity contribution in [2.45, 2.75) is 19.4 Å². The fraction of sp³-hybridized carbons (Fsp3) is 0.636. The van der Waals surface area contributed by atoms with Gasteiger partial charge in [0.25, 0.3) is 0 Å².